The lowest BCUT2D eigenvalue weighted by Gasteiger charge is -2.03. The molecule has 1 amide bonds. The van der Waals surface area contributed by atoms with Gasteiger partial charge in [-0.25, -0.2) is 0 Å². The quantitative estimate of drug-likeness (QED) is 0.451. The van der Waals surface area contributed by atoms with Gasteiger partial charge in [-0.3, -0.25) is 15.1 Å². The Morgan fingerprint density at radius 3 is 2.95 bits per heavy atom. The third-order valence-electron chi connectivity index (χ3n) is 2.65. The van der Waals surface area contributed by atoms with Gasteiger partial charge in [-0.1, -0.05) is 18.2 Å². The largest absolute Gasteiger partial charge is 0.383 e. The Kier molecular flexibility index (Phi) is 6.02. The number of aromatic amines is 1. The van der Waals surface area contributed by atoms with Crippen molar-refractivity contribution in [2.24, 2.45) is 10.7 Å². The second kappa shape index (κ2) is 7.52. The van der Waals surface area contributed by atoms with Gasteiger partial charge in [0.25, 0.3) is 5.91 Å². The Bertz CT molecular complexity index is 609. The third-order valence-corrected chi connectivity index (χ3v) is 2.65. The molecule has 2 aromatic rings. The van der Waals surface area contributed by atoms with Gasteiger partial charge in [0.2, 0.25) is 0 Å². The first-order chi connectivity index (χ1) is 9.22. The summed E-state index contributed by atoms with van der Waals surface area (Å²) in [5, 5.41) is 3.40. The first kappa shape index (κ1) is 16.0. The van der Waals surface area contributed by atoms with Gasteiger partial charge in [0.1, 0.15) is 0 Å². The summed E-state index contributed by atoms with van der Waals surface area (Å²) in [6, 6.07) is 7.56. The highest BCUT2D eigenvalue weighted by Gasteiger charge is 2.12. The first-order valence-corrected chi connectivity index (χ1v) is 5.88. The SMILES string of the molecule is COCCN=C(N)NC(=O)c1c[nH]c2ccccc12.Cl. The predicted molar refractivity (Wildman–Crippen MR) is 81.4 cm³/mol. The van der Waals surface area contributed by atoms with E-state index in [2.05, 4.69) is 15.3 Å². The van der Waals surface area contributed by atoms with E-state index in [-0.39, 0.29) is 24.3 Å². The Morgan fingerprint density at radius 2 is 2.20 bits per heavy atom. The highest BCUT2D eigenvalue weighted by Crippen LogP contribution is 2.17. The maximum atomic E-state index is 12.0. The molecule has 0 saturated heterocycles. The van der Waals surface area contributed by atoms with E-state index in [1.165, 1.54) is 0 Å². The number of aliphatic imine (C=N–C) groups is 1. The lowest BCUT2D eigenvalue weighted by Crippen LogP contribution is -2.37. The zero-order valence-electron chi connectivity index (χ0n) is 11.1. The lowest BCUT2D eigenvalue weighted by molar-refractivity contribution is 0.0978. The highest BCUT2D eigenvalue weighted by molar-refractivity contribution is 6.12. The molecule has 0 unspecified atom stereocenters. The van der Waals surface area contributed by atoms with Crippen LogP contribution in [-0.4, -0.2) is 37.1 Å². The van der Waals surface area contributed by atoms with Crippen molar-refractivity contribution in [1.29, 1.82) is 0 Å². The van der Waals surface area contributed by atoms with E-state index in [1.54, 1.807) is 13.3 Å². The molecule has 0 bridgehead atoms. The van der Waals surface area contributed by atoms with Crippen LogP contribution in [0.4, 0.5) is 0 Å². The van der Waals surface area contributed by atoms with Crippen molar-refractivity contribution in [2.75, 3.05) is 20.3 Å². The normalized spacial score (nSPS) is 11.2. The molecule has 0 saturated carbocycles. The number of guanidine groups is 1. The summed E-state index contributed by atoms with van der Waals surface area (Å²) < 4.78 is 4.85. The molecule has 1 heterocycles. The molecular weight excluding hydrogens is 280 g/mol. The summed E-state index contributed by atoms with van der Waals surface area (Å²) in [5.74, 6) is -0.191. The van der Waals surface area contributed by atoms with Crippen LogP contribution in [0.2, 0.25) is 0 Å². The Labute approximate surface area is 122 Å². The number of ether oxygens (including phenoxy) is 1. The molecule has 20 heavy (non-hydrogen) atoms. The van der Waals surface area contributed by atoms with Gasteiger partial charge >= 0.3 is 0 Å². The Morgan fingerprint density at radius 1 is 1.45 bits per heavy atom. The second-order valence-electron chi connectivity index (χ2n) is 3.96. The van der Waals surface area contributed by atoms with Gasteiger partial charge in [-0.05, 0) is 6.07 Å². The number of halogens is 1. The van der Waals surface area contributed by atoms with Crippen LogP contribution in [0.1, 0.15) is 10.4 Å². The fourth-order valence-electron chi connectivity index (χ4n) is 1.74. The van der Waals surface area contributed by atoms with Gasteiger partial charge in [0.15, 0.2) is 5.96 Å². The van der Waals surface area contributed by atoms with Gasteiger partial charge in [-0.2, -0.15) is 0 Å². The van der Waals surface area contributed by atoms with Crippen LogP contribution in [0.3, 0.4) is 0 Å². The fraction of sp³-hybridized carbons (Fsp3) is 0.231. The molecule has 2 rings (SSSR count). The van der Waals surface area contributed by atoms with E-state index < -0.39 is 0 Å². The molecule has 0 aliphatic carbocycles. The average molecular weight is 297 g/mol. The molecule has 4 N–H and O–H groups in total. The van der Waals surface area contributed by atoms with Gasteiger partial charge in [-0.15, -0.1) is 12.4 Å². The summed E-state index contributed by atoms with van der Waals surface area (Å²) >= 11 is 0. The number of hydrogen-bond acceptors (Lipinski definition) is 3. The monoisotopic (exact) mass is 296 g/mol. The molecule has 0 aliphatic heterocycles. The zero-order valence-corrected chi connectivity index (χ0v) is 11.9. The van der Waals surface area contributed by atoms with Crippen molar-refractivity contribution in [3.8, 4) is 0 Å². The van der Waals surface area contributed by atoms with Crippen LogP contribution < -0.4 is 11.1 Å². The van der Waals surface area contributed by atoms with Crippen molar-refractivity contribution < 1.29 is 9.53 Å². The van der Waals surface area contributed by atoms with Crippen LogP contribution in [-0.2, 0) is 4.74 Å². The van der Waals surface area contributed by atoms with Crippen LogP contribution in [0.5, 0.6) is 0 Å². The number of aromatic nitrogens is 1. The minimum Gasteiger partial charge on any atom is -0.383 e. The van der Waals surface area contributed by atoms with E-state index in [4.69, 9.17) is 10.5 Å². The Balaban J connectivity index is 0.00000200. The van der Waals surface area contributed by atoms with Crippen LogP contribution in [0.25, 0.3) is 10.9 Å². The number of nitrogens with zero attached hydrogens (tertiary/aromatic N) is 1. The second-order valence-corrected chi connectivity index (χ2v) is 3.96. The number of methoxy groups -OCH3 is 1. The summed E-state index contributed by atoms with van der Waals surface area (Å²) in [6.45, 7) is 0.875. The van der Waals surface area contributed by atoms with Crippen molar-refractivity contribution in [1.82, 2.24) is 10.3 Å². The lowest BCUT2D eigenvalue weighted by atomic mass is 10.1. The van der Waals surface area contributed by atoms with Crippen molar-refractivity contribution in [3.05, 3.63) is 36.0 Å². The summed E-state index contributed by atoms with van der Waals surface area (Å²) in [5.41, 5.74) is 7.07. The number of nitrogens with two attached hydrogens (primary N) is 1. The molecule has 0 spiro atoms. The van der Waals surface area contributed by atoms with Gasteiger partial charge in [0.05, 0.1) is 18.7 Å². The zero-order chi connectivity index (χ0) is 13.7. The summed E-state index contributed by atoms with van der Waals surface area (Å²) in [7, 11) is 1.58. The van der Waals surface area contributed by atoms with E-state index in [0.717, 1.165) is 10.9 Å². The summed E-state index contributed by atoms with van der Waals surface area (Å²) in [6.07, 6.45) is 1.66. The van der Waals surface area contributed by atoms with Crippen LogP contribution in [0, 0.1) is 0 Å². The molecule has 7 heteroatoms. The van der Waals surface area contributed by atoms with Crippen molar-refractivity contribution in [3.63, 3.8) is 0 Å². The number of amides is 1. The molecular formula is C13H17ClN4O2. The topological polar surface area (TPSA) is 92.5 Å². The smallest absolute Gasteiger partial charge is 0.260 e. The molecule has 1 aromatic heterocycles. The molecule has 0 fully saturated rings. The van der Waals surface area contributed by atoms with E-state index in [0.29, 0.717) is 18.7 Å². The molecule has 0 radical (unpaired) electrons. The maximum absolute atomic E-state index is 12.0. The van der Waals surface area contributed by atoms with Crippen molar-refractivity contribution in [2.45, 2.75) is 0 Å². The minimum absolute atomic E-state index is 0. The number of carbonyl (C=O) groups is 1. The average Bonchev–Trinajstić information content (AvgIpc) is 2.83. The van der Waals surface area contributed by atoms with Crippen molar-refractivity contribution >= 4 is 35.2 Å². The first-order valence-electron chi connectivity index (χ1n) is 5.88. The minimum atomic E-state index is -0.281. The summed E-state index contributed by atoms with van der Waals surface area (Å²) in [4.78, 5) is 19.0. The van der Waals surface area contributed by atoms with Crippen LogP contribution in [0.15, 0.2) is 35.5 Å². The molecule has 0 aliphatic rings. The number of fused-ring (bicyclic) bond motifs is 1. The number of hydrogen-bond donors (Lipinski definition) is 3. The van der Waals surface area contributed by atoms with E-state index >= 15 is 0 Å². The molecule has 6 nitrogen and oxygen atoms in total. The number of para-hydroxylation sites is 1. The standard InChI is InChI=1S/C13H16N4O2.ClH/c1-19-7-6-15-13(14)17-12(18)10-8-16-11-5-3-2-4-9(10)11;/h2-5,8,16H,6-7H2,1H3,(H3,14,15,17,18);1H. The molecule has 0 atom stereocenters. The maximum Gasteiger partial charge on any atom is 0.260 e. The molecule has 1 aromatic carbocycles. The van der Waals surface area contributed by atoms with Gasteiger partial charge in [0, 0.05) is 24.2 Å². The highest BCUT2D eigenvalue weighted by atomic mass is 35.5. The number of rotatable bonds is 4. The van der Waals surface area contributed by atoms with E-state index in [9.17, 15) is 4.79 Å². The fourth-order valence-corrected chi connectivity index (χ4v) is 1.74. The number of benzene rings is 1. The third kappa shape index (κ3) is 3.72. The van der Waals surface area contributed by atoms with Gasteiger partial charge < -0.3 is 15.5 Å². The van der Waals surface area contributed by atoms with E-state index in [1.807, 2.05) is 24.3 Å². The number of nitrogens with one attached hydrogen (secondary N) is 2. The number of carbonyl (C=O) groups excluding carboxylic acids is 1. The Hall–Kier alpha value is -2.05. The van der Waals surface area contributed by atoms with Crippen LogP contribution >= 0.6 is 12.4 Å². The molecule has 108 valence electrons. The number of H-pyrrole nitrogens is 1. The predicted octanol–water partition coefficient (Wildman–Crippen LogP) is 1.28.